The minimum absolute atomic E-state index is 0.0712. The third-order valence-electron chi connectivity index (χ3n) is 5.56. The van der Waals surface area contributed by atoms with E-state index in [2.05, 4.69) is 24.5 Å². The highest BCUT2D eigenvalue weighted by Crippen LogP contribution is 2.18. The van der Waals surface area contributed by atoms with Crippen LogP contribution in [0, 0.1) is 5.92 Å². The molecular formula is C26H35N3O3. The predicted molar refractivity (Wildman–Crippen MR) is 129 cm³/mol. The van der Waals surface area contributed by atoms with Gasteiger partial charge in [-0.15, -0.1) is 0 Å². The Kier molecular flexibility index (Phi) is 8.96. The number of anilines is 2. The number of ether oxygens (including phenoxy) is 1. The van der Waals surface area contributed by atoms with Gasteiger partial charge in [0.05, 0.1) is 13.2 Å². The van der Waals surface area contributed by atoms with Crippen molar-refractivity contribution < 1.29 is 14.3 Å². The summed E-state index contributed by atoms with van der Waals surface area (Å²) in [4.78, 5) is 27.0. The van der Waals surface area contributed by atoms with E-state index in [9.17, 15) is 9.59 Å². The molecule has 0 unspecified atom stereocenters. The van der Waals surface area contributed by atoms with Crippen LogP contribution in [0.25, 0.3) is 0 Å². The lowest BCUT2D eigenvalue weighted by molar-refractivity contribution is -0.114. The minimum Gasteiger partial charge on any atom is -0.494 e. The first-order chi connectivity index (χ1) is 15.5. The fraction of sp³-hybridized carbons (Fsp3) is 0.462. The molecule has 1 saturated heterocycles. The van der Waals surface area contributed by atoms with E-state index in [4.69, 9.17) is 4.74 Å². The van der Waals surface area contributed by atoms with Crippen LogP contribution in [0.3, 0.4) is 0 Å². The van der Waals surface area contributed by atoms with Gasteiger partial charge in [0.2, 0.25) is 5.91 Å². The van der Waals surface area contributed by atoms with Gasteiger partial charge in [0.25, 0.3) is 5.91 Å². The molecule has 6 nitrogen and oxygen atoms in total. The van der Waals surface area contributed by atoms with Gasteiger partial charge in [-0.2, -0.15) is 0 Å². The van der Waals surface area contributed by atoms with Crippen molar-refractivity contribution >= 4 is 23.2 Å². The zero-order chi connectivity index (χ0) is 22.8. The normalized spacial score (nSPS) is 14.0. The van der Waals surface area contributed by atoms with Gasteiger partial charge in [-0.1, -0.05) is 32.8 Å². The zero-order valence-electron chi connectivity index (χ0n) is 19.2. The molecule has 1 heterocycles. The fourth-order valence-corrected chi connectivity index (χ4v) is 3.65. The smallest absolute Gasteiger partial charge is 0.253 e. The van der Waals surface area contributed by atoms with Crippen molar-refractivity contribution in [1.82, 2.24) is 4.90 Å². The average Bonchev–Trinajstić information content (AvgIpc) is 3.07. The molecule has 0 radical (unpaired) electrons. The van der Waals surface area contributed by atoms with Crippen molar-refractivity contribution in [3.63, 3.8) is 0 Å². The van der Waals surface area contributed by atoms with Crippen LogP contribution in [0.4, 0.5) is 11.4 Å². The predicted octanol–water partition coefficient (Wildman–Crippen LogP) is 5.18. The van der Waals surface area contributed by atoms with Crippen molar-refractivity contribution in [3.05, 3.63) is 54.1 Å². The maximum atomic E-state index is 12.7. The van der Waals surface area contributed by atoms with Gasteiger partial charge in [0.1, 0.15) is 5.75 Å². The molecule has 3 rings (SSSR count). The molecule has 2 aromatic rings. The Labute approximate surface area is 191 Å². The molecule has 6 heteroatoms. The van der Waals surface area contributed by atoms with Gasteiger partial charge in [0, 0.05) is 36.1 Å². The van der Waals surface area contributed by atoms with Crippen LogP contribution in [-0.4, -0.2) is 43.0 Å². The molecule has 2 amide bonds. The molecule has 0 aromatic heterocycles. The second-order valence-corrected chi connectivity index (χ2v) is 8.74. The molecule has 2 N–H and O–H groups in total. The number of likely N-dealkylation sites (tertiary alicyclic amines) is 1. The van der Waals surface area contributed by atoms with E-state index in [0.717, 1.165) is 43.8 Å². The Morgan fingerprint density at radius 3 is 2.38 bits per heavy atom. The molecule has 32 heavy (non-hydrogen) atoms. The second-order valence-electron chi connectivity index (χ2n) is 8.74. The van der Waals surface area contributed by atoms with Gasteiger partial charge in [0.15, 0.2) is 0 Å². The molecule has 1 aliphatic rings. The van der Waals surface area contributed by atoms with Gasteiger partial charge >= 0.3 is 0 Å². The molecular weight excluding hydrogens is 402 g/mol. The number of amides is 2. The quantitative estimate of drug-likeness (QED) is 0.567. The topological polar surface area (TPSA) is 70.7 Å². The number of carbonyl (C=O) groups excluding carboxylic acids is 2. The molecule has 0 spiro atoms. The Balaban J connectivity index is 1.46. The van der Waals surface area contributed by atoms with Gasteiger partial charge < -0.3 is 20.3 Å². The summed E-state index contributed by atoms with van der Waals surface area (Å²) >= 11 is 0. The monoisotopic (exact) mass is 437 g/mol. The highest BCUT2D eigenvalue weighted by molar-refractivity contribution is 5.96. The zero-order valence-corrected chi connectivity index (χ0v) is 19.2. The molecule has 0 bridgehead atoms. The number of nitrogens with zero attached hydrogens (tertiary/aromatic N) is 1. The van der Waals surface area contributed by atoms with Gasteiger partial charge in [-0.3, -0.25) is 9.59 Å². The van der Waals surface area contributed by atoms with Gasteiger partial charge in [-0.25, -0.2) is 0 Å². The van der Waals surface area contributed by atoms with E-state index in [1.807, 2.05) is 29.2 Å². The lowest BCUT2D eigenvalue weighted by Crippen LogP contribution is -2.31. The van der Waals surface area contributed by atoms with Crippen LogP contribution < -0.4 is 15.4 Å². The molecule has 2 aromatic carbocycles. The number of benzene rings is 2. The summed E-state index contributed by atoms with van der Waals surface area (Å²) in [5.41, 5.74) is 2.17. The number of rotatable bonds is 9. The minimum atomic E-state index is -0.150. The molecule has 172 valence electrons. The maximum Gasteiger partial charge on any atom is 0.253 e. The van der Waals surface area contributed by atoms with E-state index in [-0.39, 0.29) is 18.4 Å². The molecule has 0 aliphatic carbocycles. The summed E-state index contributed by atoms with van der Waals surface area (Å²) in [6.45, 7) is 6.81. The fourth-order valence-electron chi connectivity index (χ4n) is 3.65. The third kappa shape index (κ3) is 7.59. The SMILES string of the molecule is CC(C)CCOc1cccc(NCC(=O)Nc2ccc(C(=O)N3CCCCCC3)cc2)c1. The Hall–Kier alpha value is -3.02. The van der Waals surface area contributed by atoms with Gasteiger partial charge in [-0.05, 0) is 61.6 Å². The van der Waals surface area contributed by atoms with Crippen molar-refractivity contribution in [2.24, 2.45) is 5.92 Å². The molecule has 0 saturated carbocycles. The highest BCUT2D eigenvalue weighted by atomic mass is 16.5. The summed E-state index contributed by atoms with van der Waals surface area (Å²) in [5.74, 6) is 1.31. The largest absolute Gasteiger partial charge is 0.494 e. The van der Waals surface area contributed by atoms with Crippen LogP contribution in [0.2, 0.25) is 0 Å². The van der Waals surface area contributed by atoms with Crippen molar-refractivity contribution in [3.8, 4) is 5.75 Å². The standard InChI is InChI=1S/C26H35N3O3/c1-20(2)14-17-32-24-9-7-8-23(18-24)27-19-25(30)28-22-12-10-21(11-13-22)26(31)29-15-5-3-4-6-16-29/h7-13,18,20,27H,3-6,14-17,19H2,1-2H3,(H,28,30). The second kappa shape index (κ2) is 12.1. The molecule has 0 atom stereocenters. The van der Waals surface area contributed by atoms with E-state index in [1.54, 1.807) is 24.3 Å². The third-order valence-corrected chi connectivity index (χ3v) is 5.56. The number of carbonyl (C=O) groups is 2. The maximum absolute atomic E-state index is 12.7. The lowest BCUT2D eigenvalue weighted by Gasteiger charge is -2.20. The van der Waals surface area contributed by atoms with Crippen LogP contribution in [-0.2, 0) is 4.79 Å². The summed E-state index contributed by atoms with van der Waals surface area (Å²) in [7, 11) is 0. The molecule has 1 aliphatic heterocycles. The van der Waals surface area contributed by atoms with Crippen LogP contribution >= 0.6 is 0 Å². The lowest BCUT2D eigenvalue weighted by atomic mass is 10.1. The first kappa shape index (κ1) is 23.6. The number of hydrogen-bond acceptors (Lipinski definition) is 4. The Bertz CT molecular complexity index is 872. The van der Waals surface area contributed by atoms with E-state index < -0.39 is 0 Å². The first-order valence-electron chi connectivity index (χ1n) is 11.7. The van der Waals surface area contributed by atoms with E-state index in [1.165, 1.54) is 12.8 Å². The molecule has 1 fully saturated rings. The van der Waals surface area contributed by atoms with Crippen molar-refractivity contribution in [2.45, 2.75) is 46.0 Å². The Morgan fingerprint density at radius 2 is 1.69 bits per heavy atom. The summed E-state index contributed by atoms with van der Waals surface area (Å²) in [6, 6.07) is 14.8. The summed E-state index contributed by atoms with van der Waals surface area (Å²) in [5, 5.41) is 6.00. The van der Waals surface area contributed by atoms with E-state index in [0.29, 0.717) is 23.8 Å². The van der Waals surface area contributed by atoms with E-state index >= 15 is 0 Å². The Morgan fingerprint density at radius 1 is 0.969 bits per heavy atom. The average molecular weight is 438 g/mol. The van der Waals surface area contributed by atoms with Crippen LogP contribution in [0.15, 0.2) is 48.5 Å². The van der Waals surface area contributed by atoms with Crippen molar-refractivity contribution in [1.29, 1.82) is 0 Å². The summed E-state index contributed by atoms with van der Waals surface area (Å²) in [6.07, 6.45) is 5.53. The highest BCUT2D eigenvalue weighted by Gasteiger charge is 2.17. The van der Waals surface area contributed by atoms with Crippen molar-refractivity contribution in [2.75, 3.05) is 36.9 Å². The van der Waals surface area contributed by atoms with Crippen LogP contribution in [0.5, 0.6) is 5.75 Å². The number of nitrogens with one attached hydrogen (secondary N) is 2. The summed E-state index contributed by atoms with van der Waals surface area (Å²) < 4.78 is 5.77. The van der Waals surface area contributed by atoms with Crippen LogP contribution in [0.1, 0.15) is 56.3 Å². The number of hydrogen-bond donors (Lipinski definition) is 2. The first-order valence-corrected chi connectivity index (χ1v) is 11.7.